The molecule has 0 aromatic rings. The number of hydrogen-bond donors (Lipinski definition) is 1. The zero-order chi connectivity index (χ0) is 11.6. The van der Waals surface area contributed by atoms with E-state index in [1.165, 1.54) is 4.90 Å². The third-order valence-electron chi connectivity index (χ3n) is 2.02. The maximum Gasteiger partial charge on any atom is 0.410 e. The van der Waals surface area contributed by atoms with Gasteiger partial charge in [0.1, 0.15) is 5.60 Å². The number of β-amino-alcohol motifs (C(OH)–C–C–N with tert-alkyl or cyclic N) is 1. The second kappa shape index (κ2) is 3.77. The highest BCUT2D eigenvalue weighted by atomic mass is 16.6. The highest BCUT2D eigenvalue weighted by Crippen LogP contribution is 2.20. The van der Waals surface area contributed by atoms with E-state index >= 15 is 0 Å². The molecule has 14 heavy (non-hydrogen) atoms. The molecule has 4 nitrogen and oxygen atoms in total. The van der Waals surface area contributed by atoms with Crippen LogP contribution in [0, 0.1) is 0 Å². The molecule has 0 aromatic carbocycles. The van der Waals surface area contributed by atoms with Crippen LogP contribution in [0.25, 0.3) is 0 Å². The predicted octanol–water partition coefficient (Wildman–Crippen LogP) is 1.38. The number of amides is 1. The van der Waals surface area contributed by atoms with Crippen LogP contribution in [0.4, 0.5) is 4.79 Å². The van der Waals surface area contributed by atoms with Crippen LogP contribution in [0.15, 0.2) is 0 Å². The summed E-state index contributed by atoms with van der Waals surface area (Å²) in [6.45, 7) is 5.78. The van der Waals surface area contributed by atoms with Crippen LogP contribution in [0.1, 0.15) is 35.5 Å². The molecule has 2 atom stereocenters. The fraction of sp³-hybridized carbons (Fsp3) is 0.900. The van der Waals surface area contributed by atoms with Gasteiger partial charge in [0.15, 0.2) is 0 Å². The van der Waals surface area contributed by atoms with Gasteiger partial charge in [0.2, 0.25) is 0 Å². The summed E-state index contributed by atoms with van der Waals surface area (Å²) in [5.41, 5.74) is -0.531. The molecule has 82 valence electrons. The number of carbonyl (C=O) groups excluding carboxylic acids is 1. The number of likely N-dealkylation sites (tertiary alicyclic amines) is 1. The number of ether oxygens (including phenoxy) is 1. The van der Waals surface area contributed by atoms with Crippen LogP contribution in [0.5, 0.6) is 0 Å². The zero-order valence-corrected chi connectivity index (χ0v) is 8.99. The minimum Gasteiger partial charge on any atom is -0.444 e. The summed E-state index contributed by atoms with van der Waals surface area (Å²) in [5.74, 6) is 0. The van der Waals surface area contributed by atoms with E-state index in [9.17, 15) is 9.90 Å². The second-order valence-electron chi connectivity index (χ2n) is 4.68. The van der Waals surface area contributed by atoms with Gasteiger partial charge in [0, 0.05) is 7.41 Å². The van der Waals surface area contributed by atoms with E-state index in [0.717, 1.165) is 0 Å². The molecule has 1 fully saturated rings. The molecule has 1 heterocycles. The molecule has 1 amide bonds. The molecular weight excluding hydrogens is 182 g/mol. The van der Waals surface area contributed by atoms with E-state index in [-0.39, 0.29) is 19.5 Å². The van der Waals surface area contributed by atoms with Gasteiger partial charge in [0.05, 0.1) is 12.6 Å². The topological polar surface area (TPSA) is 49.8 Å². The third kappa shape index (κ3) is 2.87. The van der Waals surface area contributed by atoms with Gasteiger partial charge in [0.25, 0.3) is 0 Å². The van der Waals surface area contributed by atoms with Crippen molar-refractivity contribution in [2.75, 3.05) is 6.54 Å². The van der Waals surface area contributed by atoms with E-state index in [1.807, 2.05) is 0 Å². The molecule has 1 aliphatic heterocycles. The Balaban J connectivity index is 2.59. The first-order valence-corrected chi connectivity index (χ1v) is 4.80. The van der Waals surface area contributed by atoms with Gasteiger partial charge in [-0.15, -0.1) is 0 Å². The van der Waals surface area contributed by atoms with Gasteiger partial charge in [-0.05, 0) is 34.1 Å². The van der Waals surface area contributed by atoms with Gasteiger partial charge in [-0.1, -0.05) is 0 Å². The molecule has 1 rings (SSSR count). The molecular formula is C10H19NO3. The van der Waals surface area contributed by atoms with Crippen molar-refractivity contribution < 1.29 is 16.0 Å². The van der Waals surface area contributed by atoms with Gasteiger partial charge in [-0.2, -0.15) is 0 Å². The average molecular weight is 203 g/mol. The predicted molar refractivity (Wildman–Crippen MR) is 53.0 cm³/mol. The molecule has 0 bridgehead atoms. The van der Waals surface area contributed by atoms with Crippen molar-refractivity contribution in [1.29, 1.82) is 0 Å². The lowest BCUT2D eigenvalue weighted by Gasteiger charge is -2.26. The number of aliphatic hydroxyl groups excluding tert-OH is 1. The summed E-state index contributed by atoms with van der Waals surface area (Å²) in [6.07, 6.45) is -0.480. The second-order valence-corrected chi connectivity index (χ2v) is 4.68. The minimum atomic E-state index is -0.531. The van der Waals surface area contributed by atoms with Crippen molar-refractivity contribution in [3.8, 4) is 0 Å². The molecule has 0 radical (unpaired) electrons. The molecule has 1 N–H and O–H groups in total. The molecule has 0 aromatic heterocycles. The average Bonchev–Trinajstić information content (AvgIpc) is 2.43. The summed E-state index contributed by atoms with van der Waals surface area (Å²) in [6, 6.07) is -0.213. The SMILES string of the molecule is [3H]C[C@@H]1C[C@@H](O)CN1C(=O)OC(C)(C)C. The fourth-order valence-corrected chi connectivity index (χ4v) is 1.44. The number of nitrogens with zero attached hydrogens (tertiary/aromatic N) is 1. The van der Waals surface area contributed by atoms with E-state index in [4.69, 9.17) is 6.11 Å². The summed E-state index contributed by atoms with van der Waals surface area (Å²) in [7, 11) is 0. The first-order chi connectivity index (χ1) is 6.83. The van der Waals surface area contributed by atoms with Crippen LogP contribution in [-0.2, 0) is 4.74 Å². The van der Waals surface area contributed by atoms with E-state index in [1.54, 1.807) is 20.8 Å². The van der Waals surface area contributed by atoms with Gasteiger partial charge >= 0.3 is 6.09 Å². The fourth-order valence-electron chi connectivity index (χ4n) is 1.44. The Hall–Kier alpha value is -0.770. The highest BCUT2D eigenvalue weighted by Gasteiger charge is 2.33. The first-order valence-electron chi connectivity index (χ1n) is 5.51. The Kier molecular flexibility index (Phi) is 2.63. The van der Waals surface area contributed by atoms with Crippen LogP contribution in [0.3, 0.4) is 0 Å². The Morgan fingerprint density at radius 2 is 2.29 bits per heavy atom. The molecule has 4 heteroatoms. The summed E-state index contributed by atoms with van der Waals surface area (Å²) >= 11 is 0. The van der Waals surface area contributed by atoms with Gasteiger partial charge < -0.3 is 14.7 Å². The third-order valence-corrected chi connectivity index (χ3v) is 2.02. The van der Waals surface area contributed by atoms with Crippen molar-refractivity contribution in [2.24, 2.45) is 0 Å². The van der Waals surface area contributed by atoms with Crippen LogP contribution in [0.2, 0.25) is 0 Å². The first kappa shape index (κ1) is 9.77. The lowest BCUT2D eigenvalue weighted by atomic mass is 10.2. The van der Waals surface area contributed by atoms with Crippen LogP contribution < -0.4 is 0 Å². The molecule has 0 saturated carbocycles. The molecule has 1 saturated heterocycles. The standard InChI is InChI=1S/C10H19NO3/c1-7-5-8(12)6-11(7)9(13)14-10(2,3)4/h7-8,12H,5-6H2,1-4H3/t7-,8-/m1/s1/i1T. The van der Waals surface area contributed by atoms with Crippen molar-refractivity contribution in [2.45, 2.75) is 51.8 Å². The maximum atomic E-state index is 11.7. The lowest BCUT2D eigenvalue weighted by molar-refractivity contribution is 0.0220. The van der Waals surface area contributed by atoms with Crippen molar-refractivity contribution >= 4 is 6.09 Å². The molecule has 0 aliphatic carbocycles. The van der Waals surface area contributed by atoms with Crippen LogP contribution in [-0.4, -0.2) is 40.4 Å². The maximum absolute atomic E-state index is 11.7. The molecule has 0 unspecified atom stereocenters. The quantitative estimate of drug-likeness (QED) is 0.647. The smallest absolute Gasteiger partial charge is 0.410 e. The number of carbonyl (C=O) groups is 1. The lowest BCUT2D eigenvalue weighted by Crippen LogP contribution is -2.39. The minimum absolute atomic E-state index is 0.107. The normalized spacial score (nSPS) is 28.9. The van der Waals surface area contributed by atoms with E-state index in [2.05, 4.69) is 0 Å². The Morgan fingerprint density at radius 3 is 2.79 bits per heavy atom. The summed E-state index contributed by atoms with van der Waals surface area (Å²) < 4.78 is 12.5. The Labute approximate surface area is 86.3 Å². The van der Waals surface area contributed by atoms with E-state index < -0.39 is 17.8 Å². The monoisotopic (exact) mass is 203 g/mol. The van der Waals surface area contributed by atoms with E-state index in [0.29, 0.717) is 6.42 Å². The van der Waals surface area contributed by atoms with Crippen molar-refractivity contribution in [3.05, 3.63) is 0 Å². The van der Waals surface area contributed by atoms with Crippen molar-refractivity contribution in [1.82, 2.24) is 4.90 Å². The number of aliphatic hydroxyl groups is 1. The van der Waals surface area contributed by atoms with Gasteiger partial charge in [-0.25, -0.2) is 4.79 Å². The Bertz CT molecular complexity index is 239. The zero-order valence-electron chi connectivity index (χ0n) is 9.99. The number of hydrogen-bond acceptors (Lipinski definition) is 3. The highest BCUT2D eigenvalue weighted by molar-refractivity contribution is 5.69. The molecule has 0 spiro atoms. The van der Waals surface area contributed by atoms with Gasteiger partial charge in [-0.3, -0.25) is 0 Å². The summed E-state index contributed by atoms with van der Waals surface area (Å²) in [4.78, 5) is 13.1. The largest absolute Gasteiger partial charge is 0.444 e. The Morgan fingerprint density at radius 1 is 1.64 bits per heavy atom. The molecule has 1 aliphatic rings. The van der Waals surface area contributed by atoms with Crippen LogP contribution >= 0.6 is 0 Å². The summed E-state index contributed by atoms with van der Waals surface area (Å²) in [5, 5.41) is 9.42. The van der Waals surface area contributed by atoms with Crippen molar-refractivity contribution in [3.63, 3.8) is 0 Å². The number of rotatable bonds is 0.